The average molecular weight is 420 g/mol. The van der Waals surface area contributed by atoms with Crippen molar-refractivity contribution in [3.63, 3.8) is 0 Å². The van der Waals surface area contributed by atoms with Crippen molar-refractivity contribution in [1.82, 2.24) is 9.80 Å². The van der Waals surface area contributed by atoms with E-state index >= 15 is 0 Å². The minimum atomic E-state index is -3.91. The van der Waals surface area contributed by atoms with E-state index in [1.54, 1.807) is 17.9 Å². The van der Waals surface area contributed by atoms with Crippen molar-refractivity contribution in [2.45, 2.75) is 30.7 Å². The molecule has 0 bridgehead atoms. The first-order chi connectivity index (χ1) is 13.7. The molecule has 1 atom stereocenters. The fourth-order valence-corrected chi connectivity index (χ4v) is 4.55. The normalized spacial score (nSPS) is 17.4. The van der Waals surface area contributed by atoms with E-state index in [1.165, 1.54) is 36.4 Å². The molecule has 0 spiro atoms. The Labute approximate surface area is 171 Å². The maximum absolute atomic E-state index is 13.1. The SMILES string of the molecule is Cc1ccc(S(=O)(=O)Nc2ccc(F)cc2)cc1C(=O)N1CCCC(N(C)C)C1. The van der Waals surface area contributed by atoms with Crippen molar-refractivity contribution in [1.29, 1.82) is 0 Å². The van der Waals surface area contributed by atoms with Gasteiger partial charge in [0.25, 0.3) is 15.9 Å². The van der Waals surface area contributed by atoms with Crippen LogP contribution in [0.25, 0.3) is 0 Å². The molecule has 29 heavy (non-hydrogen) atoms. The topological polar surface area (TPSA) is 69.7 Å². The molecule has 1 heterocycles. The lowest BCUT2D eigenvalue weighted by Crippen LogP contribution is -2.47. The number of carbonyl (C=O) groups is 1. The molecule has 0 saturated carbocycles. The maximum Gasteiger partial charge on any atom is 0.261 e. The summed E-state index contributed by atoms with van der Waals surface area (Å²) in [5.74, 6) is -0.610. The molecule has 6 nitrogen and oxygen atoms in total. The number of rotatable bonds is 5. The van der Waals surface area contributed by atoms with Crippen LogP contribution in [0.4, 0.5) is 10.1 Å². The number of carbonyl (C=O) groups excluding carboxylic acids is 1. The molecule has 3 rings (SSSR count). The fourth-order valence-electron chi connectivity index (χ4n) is 3.46. The van der Waals surface area contributed by atoms with Crippen LogP contribution in [0.3, 0.4) is 0 Å². The van der Waals surface area contributed by atoms with Gasteiger partial charge in [0.15, 0.2) is 0 Å². The highest BCUT2D eigenvalue weighted by Crippen LogP contribution is 2.23. The Kier molecular flexibility index (Phi) is 6.24. The molecule has 2 aromatic carbocycles. The first kappa shape index (κ1) is 21.3. The number of sulfonamides is 1. The van der Waals surface area contributed by atoms with Gasteiger partial charge in [-0.2, -0.15) is 0 Å². The number of amides is 1. The van der Waals surface area contributed by atoms with Crippen LogP contribution in [0.2, 0.25) is 0 Å². The Morgan fingerprint density at radius 2 is 1.86 bits per heavy atom. The van der Waals surface area contributed by atoms with E-state index in [1.807, 2.05) is 14.1 Å². The van der Waals surface area contributed by atoms with E-state index in [9.17, 15) is 17.6 Å². The molecule has 1 unspecified atom stereocenters. The van der Waals surface area contributed by atoms with Crippen molar-refractivity contribution in [2.24, 2.45) is 0 Å². The van der Waals surface area contributed by atoms with Gasteiger partial charge in [-0.15, -0.1) is 0 Å². The van der Waals surface area contributed by atoms with Crippen LogP contribution in [0.15, 0.2) is 47.4 Å². The Hall–Kier alpha value is -2.45. The molecule has 1 amide bonds. The van der Waals surface area contributed by atoms with Crippen LogP contribution in [-0.4, -0.2) is 57.4 Å². The molecule has 1 aliphatic rings. The van der Waals surface area contributed by atoms with Gasteiger partial charge in [0.1, 0.15) is 5.82 Å². The number of aryl methyl sites for hydroxylation is 1. The maximum atomic E-state index is 13.1. The fraction of sp³-hybridized carbons (Fsp3) is 0.381. The predicted octanol–water partition coefficient (Wildman–Crippen LogP) is 3.10. The Bertz CT molecular complexity index is 991. The number of halogens is 1. The summed E-state index contributed by atoms with van der Waals surface area (Å²) in [4.78, 5) is 17.0. The summed E-state index contributed by atoms with van der Waals surface area (Å²) in [6, 6.07) is 9.88. The van der Waals surface area contributed by atoms with E-state index in [4.69, 9.17) is 0 Å². The average Bonchev–Trinajstić information content (AvgIpc) is 2.69. The molecule has 2 aromatic rings. The molecular formula is C21H26FN3O3S. The van der Waals surface area contributed by atoms with Crippen LogP contribution in [-0.2, 0) is 10.0 Å². The van der Waals surface area contributed by atoms with Crippen molar-refractivity contribution in [3.8, 4) is 0 Å². The zero-order valence-corrected chi connectivity index (χ0v) is 17.7. The number of benzene rings is 2. The van der Waals surface area contributed by atoms with Gasteiger partial charge in [0.05, 0.1) is 4.90 Å². The molecule has 1 N–H and O–H groups in total. The largest absolute Gasteiger partial charge is 0.337 e. The van der Waals surface area contributed by atoms with Crippen molar-refractivity contribution in [2.75, 3.05) is 31.9 Å². The third-order valence-electron chi connectivity index (χ3n) is 5.26. The number of hydrogen-bond donors (Lipinski definition) is 1. The minimum absolute atomic E-state index is 0.00283. The molecular weight excluding hydrogens is 393 g/mol. The highest BCUT2D eigenvalue weighted by Gasteiger charge is 2.27. The second-order valence-electron chi connectivity index (χ2n) is 7.60. The molecule has 8 heteroatoms. The lowest BCUT2D eigenvalue weighted by atomic mass is 10.0. The zero-order chi connectivity index (χ0) is 21.2. The summed E-state index contributed by atoms with van der Waals surface area (Å²) in [7, 11) is 0.0911. The van der Waals surface area contributed by atoms with Crippen LogP contribution in [0, 0.1) is 12.7 Å². The highest BCUT2D eigenvalue weighted by molar-refractivity contribution is 7.92. The van der Waals surface area contributed by atoms with Gasteiger partial charge in [-0.1, -0.05) is 6.07 Å². The van der Waals surface area contributed by atoms with Gasteiger partial charge in [-0.25, -0.2) is 12.8 Å². The molecule has 1 saturated heterocycles. The van der Waals surface area contributed by atoms with Gasteiger partial charge in [0.2, 0.25) is 0 Å². The van der Waals surface area contributed by atoms with Gasteiger partial charge < -0.3 is 9.80 Å². The predicted molar refractivity (Wildman–Crippen MR) is 111 cm³/mol. The molecule has 156 valence electrons. The Morgan fingerprint density at radius 3 is 2.52 bits per heavy atom. The van der Waals surface area contributed by atoms with E-state index in [0.717, 1.165) is 18.4 Å². The van der Waals surface area contributed by atoms with E-state index in [2.05, 4.69) is 9.62 Å². The molecule has 1 fully saturated rings. The van der Waals surface area contributed by atoms with Gasteiger partial charge in [0, 0.05) is 30.4 Å². The lowest BCUT2D eigenvalue weighted by Gasteiger charge is -2.36. The Balaban J connectivity index is 1.85. The van der Waals surface area contributed by atoms with Crippen molar-refractivity contribution < 1.29 is 17.6 Å². The van der Waals surface area contributed by atoms with E-state index in [-0.39, 0.29) is 16.5 Å². The summed E-state index contributed by atoms with van der Waals surface area (Å²) in [6.07, 6.45) is 1.95. The number of nitrogens with one attached hydrogen (secondary N) is 1. The smallest absolute Gasteiger partial charge is 0.261 e. The van der Waals surface area contributed by atoms with Gasteiger partial charge in [-0.05, 0) is 75.8 Å². The number of likely N-dealkylation sites (N-methyl/N-ethyl adjacent to an activating group) is 1. The van der Waals surface area contributed by atoms with Gasteiger partial charge >= 0.3 is 0 Å². The number of likely N-dealkylation sites (tertiary alicyclic amines) is 1. The summed E-state index contributed by atoms with van der Waals surface area (Å²) >= 11 is 0. The third-order valence-corrected chi connectivity index (χ3v) is 6.64. The molecule has 1 aliphatic heterocycles. The van der Waals surface area contributed by atoms with Crippen LogP contribution in [0.1, 0.15) is 28.8 Å². The minimum Gasteiger partial charge on any atom is -0.337 e. The van der Waals surface area contributed by atoms with Crippen molar-refractivity contribution in [3.05, 3.63) is 59.4 Å². The summed E-state index contributed by atoms with van der Waals surface area (Å²) in [6.45, 7) is 3.08. The number of anilines is 1. The van der Waals surface area contributed by atoms with E-state index < -0.39 is 15.8 Å². The number of piperidine rings is 1. The second-order valence-corrected chi connectivity index (χ2v) is 9.28. The quantitative estimate of drug-likeness (QED) is 0.809. The zero-order valence-electron chi connectivity index (χ0n) is 16.9. The summed E-state index contributed by atoms with van der Waals surface area (Å²) in [5.41, 5.74) is 1.36. The van der Waals surface area contributed by atoms with E-state index in [0.29, 0.717) is 24.7 Å². The first-order valence-electron chi connectivity index (χ1n) is 9.52. The number of hydrogen-bond acceptors (Lipinski definition) is 4. The standard InChI is InChI=1S/C21H26FN3O3S/c1-15-6-11-19(29(27,28)23-17-9-7-16(22)8-10-17)13-20(15)21(26)25-12-4-5-18(14-25)24(2)3/h6-11,13,18,23H,4-5,12,14H2,1-3H3. The molecule has 0 radical (unpaired) electrons. The van der Waals surface area contributed by atoms with Crippen LogP contribution >= 0.6 is 0 Å². The third kappa shape index (κ3) is 4.94. The highest BCUT2D eigenvalue weighted by atomic mass is 32.2. The summed E-state index contributed by atoms with van der Waals surface area (Å²) < 4.78 is 41.0. The lowest BCUT2D eigenvalue weighted by molar-refractivity contribution is 0.0634. The summed E-state index contributed by atoms with van der Waals surface area (Å²) in [5, 5.41) is 0. The monoisotopic (exact) mass is 419 g/mol. The first-order valence-corrected chi connectivity index (χ1v) is 11.0. The van der Waals surface area contributed by atoms with Crippen LogP contribution < -0.4 is 4.72 Å². The molecule has 0 aromatic heterocycles. The van der Waals surface area contributed by atoms with Crippen molar-refractivity contribution >= 4 is 21.6 Å². The Morgan fingerprint density at radius 1 is 1.17 bits per heavy atom. The molecule has 0 aliphatic carbocycles. The second kappa shape index (κ2) is 8.51. The van der Waals surface area contributed by atoms with Crippen LogP contribution in [0.5, 0.6) is 0 Å². The number of nitrogens with zero attached hydrogens (tertiary/aromatic N) is 2. The van der Waals surface area contributed by atoms with Gasteiger partial charge in [-0.3, -0.25) is 9.52 Å².